The van der Waals surface area contributed by atoms with Gasteiger partial charge in [0.1, 0.15) is 11.6 Å². The molecule has 0 aliphatic carbocycles. The van der Waals surface area contributed by atoms with Gasteiger partial charge in [-0.05, 0) is 37.6 Å². The predicted molar refractivity (Wildman–Crippen MR) is 96.1 cm³/mol. The Morgan fingerprint density at radius 2 is 2.26 bits per heavy atom. The van der Waals surface area contributed by atoms with Crippen LogP contribution >= 0.6 is 0 Å². The van der Waals surface area contributed by atoms with E-state index in [1.54, 1.807) is 0 Å². The van der Waals surface area contributed by atoms with Crippen LogP contribution in [0.4, 0.5) is 9.18 Å². The number of ether oxygens (including phenoxy) is 3. The number of hydrogen-bond donors (Lipinski definition) is 1. The van der Waals surface area contributed by atoms with E-state index in [1.807, 2.05) is 4.90 Å². The molecule has 2 saturated heterocycles. The molecule has 0 spiro atoms. The minimum atomic E-state index is -0.313. The summed E-state index contributed by atoms with van der Waals surface area (Å²) in [5.41, 5.74) is 1.47. The van der Waals surface area contributed by atoms with E-state index in [1.165, 1.54) is 12.1 Å². The molecule has 8 heteroatoms. The molecular formula is C19H26FN3O4. The smallest absolute Gasteiger partial charge is 0.317 e. The topological polar surface area (TPSA) is 63.3 Å². The average Bonchev–Trinajstić information content (AvgIpc) is 2.68. The summed E-state index contributed by atoms with van der Waals surface area (Å²) in [6.45, 7) is 3.96. The number of nitrogens with one attached hydrogen (secondary N) is 1. The van der Waals surface area contributed by atoms with E-state index >= 15 is 0 Å². The van der Waals surface area contributed by atoms with Crippen LogP contribution in [0.3, 0.4) is 0 Å². The van der Waals surface area contributed by atoms with Gasteiger partial charge in [-0.25, -0.2) is 9.18 Å². The number of halogens is 1. The second kappa shape index (κ2) is 8.00. The molecule has 2 amide bonds. The Labute approximate surface area is 158 Å². The zero-order chi connectivity index (χ0) is 18.8. The molecule has 148 valence electrons. The van der Waals surface area contributed by atoms with E-state index in [9.17, 15) is 9.18 Å². The number of piperidine rings is 1. The van der Waals surface area contributed by atoms with Crippen molar-refractivity contribution in [3.05, 3.63) is 29.1 Å². The molecular weight excluding hydrogens is 353 g/mol. The number of morpholine rings is 1. The summed E-state index contributed by atoms with van der Waals surface area (Å²) in [7, 11) is 2.08. The number of fused-ring (bicyclic) bond motifs is 2. The lowest BCUT2D eigenvalue weighted by Crippen LogP contribution is -2.60. The molecule has 1 N–H and O–H groups in total. The maximum Gasteiger partial charge on any atom is 0.317 e. The van der Waals surface area contributed by atoms with Crippen molar-refractivity contribution in [1.29, 1.82) is 0 Å². The molecule has 0 aromatic heterocycles. The summed E-state index contributed by atoms with van der Waals surface area (Å²) in [5, 5.41) is 2.96. The normalized spacial score (nSPS) is 25.3. The molecule has 27 heavy (non-hydrogen) atoms. The van der Waals surface area contributed by atoms with Crippen molar-refractivity contribution in [3.8, 4) is 5.75 Å². The molecule has 1 aromatic rings. The molecule has 0 radical (unpaired) electrons. The molecule has 0 bridgehead atoms. The molecule has 3 aliphatic heterocycles. The van der Waals surface area contributed by atoms with Gasteiger partial charge in [-0.15, -0.1) is 0 Å². The number of likely N-dealkylation sites (N-methyl/N-ethyl adjacent to an activating group) is 1. The fourth-order valence-electron chi connectivity index (χ4n) is 4.08. The summed E-state index contributed by atoms with van der Waals surface area (Å²) in [4.78, 5) is 16.7. The Bertz CT molecular complexity index is 702. The fourth-order valence-corrected chi connectivity index (χ4v) is 4.08. The van der Waals surface area contributed by atoms with Crippen LogP contribution in [0.15, 0.2) is 12.1 Å². The fraction of sp³-hybridized carbons (Fsp3) is 0.632. The van der Waals surface area contributed by atoms with Gasteiger partial charge in [0.15, 0.2) is 6.79 Å². The van der Waals surface area contributed by atoms with Gasteiger partial charge < -0.3 is 24.4 Å². The quantitative estimate of drug-likeness (QED) is 0.859. The highest BCUT2D eigenvalue weighted by Gasteiger charge is 2.36. The highest BCUT2D eigenvalue weighted by Crippen LogP contribution is 2.29. The highest BCUT2D eigenvalue weighted by molar-refractivity contribution is 5.74. The van der Waals surface area contributed by atoms with Crippen LogP contribution in [0, 0.1) is 5.82 Å². The molecule has 2 atom stereocenters. The molecule has 2 fully saturated rings. The first kappa shape index (κ1) is 18.5. The zero-order valence-electron chi connectivity index (χ0n) is 15.6. The van der Waals surface area contributed by atoms with Crippen LogP contribution in [-0.2, 0) is 22.5 Å². The lowest BCUT2D eigenvalue weighted by molar-refractivity contribution is -0.0881. The van der Waals surface area contributed by atoms with Gasteiger partial charge in [-0.1, -0.05) is 0 Å². The minimum absolute atomic E-state index is 0.0815. The van der Waals surface area contributed by atoms with Crippen LogP contribution in [-0.4, -0.2) is 74.6 Å². The van der Waals surface area contributed by atoms with E-state index in [0.29, 0.717) is 44.0 Å². The van der Waals surface area contributed by atoms with Crippen molar-refractivity contribution in [1.82, 2.24) is 15.1 Å². The lowest BCUT2D eigenvalue weighted by atomic mass is 9.99. The Morgan fingerprint density at radius 1 is 1.37 bits per heavy atom. The van der Waals surface area contributed by atoms with E-state index < -0.39 is 0 Å². The summed E-state index contributed by atoms with van der Waals surface area (Å²) in [6.07, 6.45) is 1.58. The van der Waals surface area contributed by atoms with E-state index in [0.717, 1.165) is 25.1 Å². The van der Waals surface area contributed by atoms with Crippen molar-refractivity contribution in [2.24, 2.45) is 0 Å². The van der Waals surface area contributed by atoms with Crippen LogP contribution in [0.2, 0.25) is 0 Å². The van der Waals surface area contributed by atoms with Gasteiger partial charge >= 0.3 is 6.03 Å². The Hall–Kier alpha value is -1.90. The molecule has 7 nitrogen and oxygen atoms in total. The van der Waals surface area contributed by atoms with Crippen molar-refractivity contribution >= 4 is 6.03 Å². The number of carbonyl (C=O) groups is 1. The van der Waals surface area contributed by atoms with Gasteiger partial charge in [0.25, 0.3) is 0 Å². The zero-order valence-corrected chi connectivity index (χ0v) is 15.6. The first-order valence-electron chi connectivity index (χ1n) is 9.48. The first-order valence-corrected chi connectivity index (χ1v) is 9.48. The minimum Gasteiger partial charge on any atom is -0.467 e. The summed E-state index contributed by atoms with van der Waals surface area (Å²) in [5.74, 6) is 0.366. The summed E-state index contributed by atoms with van der Waals surface area (Å²) in [6, 6.07) is 3.07. The standard InChI is InChI=1S/C19H26FN3O4/c1-22-6-7-26-17-3-5-23(10-16(17)22)19(24)21-4-2-13-8-15(20)9-14-11-25-12-27-18(13)14/h8-9,16-17H,2-7,10-12H2,1H3,(H,21,24)/t16-,17+/m0/s1. The number of urea groups is 1. The molecule has 3 heterocycles. The van der Waals surface area contributed by atoms with Gasteiger partial charge in [0, 0.05) is 31.7 Å². The second-order valence-corrected chi connectivity index (χ2v) is 7.34. The third-order valence-electron chi connectivity index (χ3n) is 5.57. The van der Waals surface area contributed by atoms with Crippen molar-refractivity contribution < 1.29 is 23.4 Å². The summed E-state index contributed by atoms with van der Waals surface area (Å²) < 4.78 is 30.4. The van der Waals surface area contributed by atoms with Gasteiger partial charge in [-0.3, -0.25) is 4.90 Å². The molecule has 0 saturated carbocycles. The summed E-state index contributed by atoms with van der Waals surface area (Å²) >= 11 is 0. The van der Waals surface area contributed by atoms with Crippen LogP contribution in [0.25, 0.3) is 0 Å². The number of hydrogen-bond acceptors (Lipinski definition) is 5. The predicted octanol–water partition coefficient (Wildman–Crippen LogP) is 1.35. The Morgan fingerprint density at radius 3 is 3.15 bits per heavy atom. The third kappa shape index (κ3) is 4.02. The number of amides is 2. The maximum absolute atomic E-state index is 13.8. The second-order valence-electron chi connectivity index (χ2n) is 7.34. The van der Waals surface area contributed by atoms with Gasteiger partial charge in [-0.2, -0.15) is 0 Å². The first-order chi connectivity index (χ1) is 13.1. The Balaban J connectivity index is 1.32. The van der Waals surface area contributed by atoms with Gasteiger partial charge in [0.2, 0.25) is 0 Å². The number of benzene rings is 1. The Kier molecular flexibility index (Phi) is 5.47. The third-order valence-corrected chi connectivity index (χ3v) is 5.57. The van der Waals surface area contributed by atoms with E-state index in [4.69, 9.17) is 14.2 Å². The largest absolute Gasteiger partial charge is 0.467 e. The molecule has 3 aliphatic rings. The monoisotopic (exact) mass is 379 g/mol. The maximum atomic E-state index is 13.8. The van der Waals surface area contributed by atoms with E-state index in [2.05, 4.69) is 17.3 Å². The number of carbonyl (C=O) groups excluding carboxylic acids is 1. The van der Waals surface area contributed by atoms with Crippen LogP contribution in [0.5, 0.6) is 5.75 Å². The lowest BCUT2D eigenvalue weighted by Gasteiger charge is -2.45. The van der Waals surface area contributed by atoms with Crippen molar-refractivity contribution in [3.63, 3.8) is 0 Å². The molecule has 4 rings (SSSR count). The van der Waals surface area contributed by atoms with Crippen molar-refractivity contribution in [2.75, 3.05) is 46.6 Å². The molecule has 0 unspecified atom stereocenters. The SMILES string of the molecule is CN1CCO[C@@H]2CCN(C(=O)NCCc3cc(F)cc4c3OCOC4)C[C@@H]21. The number of rotatable bonds is 3. The average molecular weight is 379 g/mol. The van der Waals surface area contributed by atoms with E-state index in [-0.39, 0.29) is 30.8 Å². The molecule has 1 aromatic carbocycles. The van der Waals surface area contributed by atoms with Crippen molar-refractivity contribution in [2.45, 2.75) is 31.6 Å². The number of nitrogens with zero attached hydrogens (tertiary/aromatic N) is 2. The van der Waals surface area contributed by atoms with Crippen LogP contribution in [0.1, 0.15) is 17.5 Å². The van der Waals surface area contributed by atoms with Crippen LogP contribution < -0.4 is 10.1 Å². The number of likely N-dealkylation sites (tertiary alicyclic amines) is 1. The highest BCUT2D eigenvalue weighted by atomic mass is 19.1. The van der Waals surface area contributed by atoms with Gasteiger partial charge in [0.05, 0.1) is 25.4 Å².